The summed E-state index contributed by atoms with van der Waals surface area (Å²) in [6.07, 6.45) is 0. The largest absolute Gasteiger partial charge is 0.324 e. The Balaban J connectivity index is 0.00000380. The van der Waals surface area contributed by atoms with Crippen molar-refractivity contribution >= 4 is 107 Å². The van der Waals surface area contributed by atoms with E-state index in [2.05, 4.69) is 30.5 Å². The number of azo groups is 1. The van der Waals surface area contributed by atoms with Gasteiger partial charge in [0.15, 0.2) is 0 Å². The molecular formula is C20H14Cl2N6NaO6S2. The molecule has 0 saturated carbocycles. The molecule has 3 N–H and O–H groups in total. The molecule has 0 bridgehead atoms. The normalized spacial score (nSPS) is 12.0. The van der Waals surface area contributed by atoms with Gasteiger partial charge in [-0.2, -0.15) is 42.0 Å². The van der Waals surface area contributed by atoms with Crippen LogP contribution in [-0.4, -0.2) is 70.5 Å². The molecule has 0 aliphatic heterocycles. The zero-order valence-electron chi connectivity index (χ0n) is 19.0. The number of benzene rings is 3. The molecule has 17 heteroatoms. The summed E-state index contributed by atoms with van der Waals surface area (Å²) in [4.78, 5) is 10.3. The summed E-state index contributed by atoms with van der Waals surface area (Å²) >= 11 is 11.5. The molecule has 0 unspecified atom stereocenters. The third kappa shape index (κ3) is 6.98. The van der Waals surface area contributed by atoms with E-state index in [1.165, 1.54) is 18.2 Å². The summed E-state index contributed by atoms with van der Waals surface area (Å²) < 4.78 is 66.7. The van der Waals surface area contributed by atoms with Crippen molar-refractivity contribution in [2.24, 2.45) is 10.2 Å². The van der Waals surface area contributed by atoms with E-state index in [4.69, 9.17) is 23.2 Å². The van der Waals surface area contributed by atoms with E-state index in [0.717, 1.165) is 12.1 Å². The van der Waals surface area contributed by atoms with Gasteiger partial charge in [0.1, 0.15) is 9.79 Å². The first-order valence-electron chi connectivity index (χ1n) is 9.69. The van der Waals surface area contributed by atoms with Crippen molar-refractivity contribution in [1.29, 1.82) is 0 Å². The number of hydrogen-bond acceptors (Lipinski definition) is 10. The first-order chi connectivity index (χ1) is 16.8. The van der Waals surface area contributed by atoms with Crippen LogP contribution in [-0.2, 0) is 20.2 Å². The maximum atomic E-state index is 12.0. The van der Waals surface area contributed by atoms with Crippen LogP contribution in [0.5, 0.6) is 0 Å². The summed E-state index contributed by atoms with van der Waals surface area (Å²) in [5, 5.41) is 10.6. The van der Waals surface area contributed by atoms with Crippen LogP contribution in [0.1, 0.15) is 5.56 Å². The molecule has 0 saturated heterocycles. The molecular weight excluding hydrogens is 578 g/mol. The van der Waals surface area contributed by atoms with E-state index < -0.39 is 30.0 Å². The fourth-order valence-electron chi connectivity index (χ4n) is 3.27. The van der Waals surface area contributed by atoms with Crippen LogP contribution in [0.3, 0.4) is 0 Å². The van der Waals surface area contributed by atoms with Gasteiger partial charge in [-0.25, -0.2) is 0 Å². The summed E-state index contributed by atoms with van der Waals surface area (Å²) in [6, 6.07) is 10.8. The third-order valence-electron chi connectivity index (χ3n) is 4.77. The Labute approximate surface area is 243 Å². The standard InChI is InChI=1S/C20H14Cl2N6O6S2.Na/c1-10-7-11(23-20-25-18(21)24-19(22)26-20)5-6-15(10)28-27-12-8-14-13(17(9-12)36(32,33)34)3-2-4-16(14)35(29,30)31;/h2-9H,1H3,(H,29,30,31)(H,32,33,34)(H,23,24,25,26);. The Bertz CT molecular complexity index is 1750. The van der Waals surface area contributed by atoms with Gasteiger partial charge in [-0.1, -0.05) is 12.1 Å². The van der Waals surface area contributed by atoms with Crippen LogP contribution >= 0.6 is 23.2 Å². The Hall–Kier alpha value is -2.27. The molecule has 0 amide bonds. The van der Waals surface area contributed by atoms with Crippen molar-refractivity contribution in [3.63, 3.8) is 0 Å². The Morgan fingerprint density at radius 2 is 1.46 bits per heavy atom. The van der Waals surface area contributed by atoms with Gasteiger partial charge in [-0.3, -0.25) is 9.11 Å². The molecule has 1 aromatic heterocycles. The topological polar surface area (TPSA) is 184 Å². The number of nitrogens with one attached hydrogen (secondary N) is 1. The van der Waals surface area contributed by atoms with Gasteiger partial charge in [-0.15, -0.1) is 0 Å². The molecule has 1 radical (unpaired) electrons. The second-order valence-electron chi connectivity index (χ2n) is 7.27. The summed E-state index contributed by atoms with van der Waals surface area (Å²) in [6.45, 7) is 1.73. The van der Waals surface area contributed by atoms with Crippen molar-refractivity contribution in [3.8, 4) is 0 Å². The molecule has 0 spiro atoms. The molecule has 0 aliphatic carbocycles. The Kier molecular flexibility index (Phi) is 8.89. The van der Waals surface area contributed by atoms with E-state index in [0.29, 0.717) is 16.9 Å². The van der Waals surface area contributed by atoms with Crippen LogP contribution in [0.4, 0.5) is 23.0 Å². The van der Waals surface area contributed by atoms with Crippen LogP contribution in [0.15, 0.2) is 68.6 Å². The van der Waals surface area contributed by atoms with Gasteiger partial charge in [0, 0.05) is 46.0 Å². The predicted molar refractivity (Wildman–Crippen MR) is 138 cm³/mol. The van der Waals surface area contributed by atoms with Crippen molar-refractivity contribution in [3.05, 3.63) is 64.7 Å². The number of halogens is 2. The average Bonchev–Trinajstić information content (AvgIpc) is 2.75. The van der Waals surface area contributed by atoms with Crippen LogP contribution < -0.4 is 5.32 Å². The number of nitrogens with zero attached hydrogens (tertiary/aromatic N) is 5. The second kappa shape index (κ2) is 11.2. The number of fused-ring (bicyclic) bond motifs is 1. The molecule has 187 valence electrons. The minimum Gasteiger partial charge on any atom is -0.324 e. The molecule has 12 nitrogen and oxygen atoms in total. The SMILES string of the molecule is Cc1cc(Nc2nc(Cl)nc(Cl)n2)ccc1N=Nc1cc(S(=O)(=O)O)c2cccc(S(=O)(=O)O)c2c1.[Na]. The molecule has 37 heavy (non-hydrogen) atoms. The van der Waals surface area contributed by atoms with Gasteiger partial charge >= 0.3 is 0 Å². The van der Waals surface area contributed by atoms with E-state index >= 15 is 0 Å². The predicted octanol–water partition coefficient (Wildman–Crippen LogP) is 4.91. The molecule has 0 aliphatic rings. The minimum absolute atomic E-state index is 0. The fourth-order valence-corrected chi connectivity index (χ4v) is 5.06. The van der Waals surface area contributed by atoms with E-state index in [1.807, 2.05) is 0 Å². The molecule has 4 aromatic rings. The van der Waals surface area contributed by atoms with Gasteiger partial charge < -0.3 is 5.32 Å². The van der Waals surface area contributed by atoms with E-state index in [1.54, 1.807) is 25.1 Å². The maximum Gasteiger partial charge on any atom is 0.295 e. The van der Waals surface area contributed by atoms with Gasteiger partial charge in [0.2, 0.25) is 16.5 Å². The number of hydrogen-bond donors (Lipinski definition) is 3. The first kappa shape index (κ1) is 29.3. The Morgan fingerprint density at radius 3 is 2.05 bits per heavy atom. The maximum absolute atomic E-state index is 12.0. The Morgan fingerprint density at radius 1 is 0.811 bits per heavy atom. The first-order valence-corrected chi connectivity index (χ1v) is 13.3. The quantitative estimate of drug-likeness (QED) is 0.158. The van der Waals surface area contributed by atoms with E-state index in [9.17, 15) is 25.9 Å². The van der Waals surface area contributed by atoms with Crippen molar-refractivity contribution in [2.45, 2.75) is 16.7 Å². The van der Waals surface area contributed by atoms with Crippen molar-refractivity contribution < 1.29 is 25.9 Å². The van der Waals surface area contributed by atoms with E-state index in [-0.39, 0.29) is 62.5 Å². The molecule has 0 fully saturated rings. The van der Waals surface area contributed by atoms with Crippen molar-refractivity contribution in [1.82, 2.24) is 15.0 Å². The minimum atomic E-state index is -4.77. The van der Waals surface area contributed by atoms with Crippen molar-refractivity contribution in [2.75, 3.05) is 5.32 Å². The average molecular weight is 592 g/mol. The fraction of sp³-hybridized carbons (Fsp3) is 0.0500. The third-order valence-corrected chi connectivity index (χ3v) is 6.91. The summed E-state index contributed by atoms with van der Waals surface area (Å²) in [5.74, 6) is 0.123. The van der Waals surface area contributed by atoms with Gasteiger partial charge in [-0.05, 0) is 72.1 Å². The summed E-state index contributed by atoms with van der Waals surface area (Å²) in [7, 11) is -9.47. The zero-order valence-corrected chi connectivity index (χ0v) is 24.1. The van der Waals surface area contributed by atoms with Crippen LogP contribution in [0, 0.1) is 6.92 Å². The molecule has 1 heterocycles. The number of aromatic nitrogens is 3. The van der Waals surface area contributed by atoms with Gasteiger partial charge in [0.05, 0.1) is 11.4 Å². The van der Waals surface area contributed by atoms with Crippen LogP contribution in [0.25, 0.3) is 10.8 Å². The number of aryl methyl sites for hydroxylation is 1. The zero-order chi connectivity index (χ0) is 26.3. The smallest absolute Gasteiger partial charge is 0.295 e. The second-order valence-corrected chi connectivity index (χ2v) is 10.7. The van der Waals surface area contributed by atoms with Crippen LogP contribution in [0.2, 0.25) is 10.6 Å². The number of anilines is 2. The monoisotopic (exact) mass is 591 g/mol. The molecule has 0 atom stereocenters. The molecule has 4 rings (SSSR count). The number of rotatable bonds is 6. The summed E-state index contributed by atoms with van der Waals surface area (Å²) in [5.41, 5.74) is 1.53. The molecule has 3 aromatic carbocycles. The van der Waals surface area contributed by atoms with Gasteiger partial charge in [0.25, 0.3) is 20.2 Å².